The number of nitrogens with zero attached hydrogens (tertiary/aromatic N) is 3. The van der Waals surface area contributed by atoms with E-state index >= 15 is 0 Å². The number of hydrogen-bond donors (Lipinski definition) is 0. The smallest absolute Gasteiger partial charge is 0.218 e. The standard InChI is InChI=1S/C11H8ClN3O2/c1-16-10-4-2-3-9-13-11(14-15(9)10)7-5-6-8(12)17-7/h2-6H,1H3. The van der Waals surface area contributed by atoms with E-state index in [1.54, 1.807) is 29.8 Å². The lowest BCUT2D eigenvalue weighted by atomic mass is 10.4. The van der Waals surface area contributed by atoms with E-state index < -0.39 is 0 Å². The van der Waals surface area contributed by atoms with Crippen LogP contribution in [-0.4, -0.2) is 21.7 Å². The third-order valence-corrected chi connectivity index (χ3v) is 2.53. The molecule has 0 N–H and O–H groups in total. The largest absolute Gasteiger partial charge is 0.481 e. The fraction of sp³-hybridized carbons (Fsp3) is 0.0909. The van der Waals surface area contributed by atoms with Gasteiger partial charge in [-0.3, -0.25) is 0 Å². The normalized spacial score (nSPS) is 10.9. The van der Waals surface area contributed by atoms with Crippen molar-refractivity contribution in [3.8, 4) is 17.5 Å². The Morgan fingerprint density at radius 2 is 2.18 bits per heavy atom. The van der Waals surface area contributed by atoms with Gasteiger partial charge in [0.05, 0.1) is 7.11 Å². The molecule has 0 saturated heterocycles. The van der Waals surface area contributed by atoms with Crippen molar-refractivity contribution in [3.05, 3.63) is 35.6 Å². The summed E-state index contributed by atoms with van der Waals surface area (Å²) in [6.07, 6.45) is 0. The van der Waals surface area contributed by atoms with Crippen LogP contribution in [0.15, 0.2) is 34.7 Å². The minimum absolute atomic E-state index is 0.311. The van der Waals surface area contributed by atoms with E-state index in [0.717, 1.165) is 0 Å². The molecule has 0 bridgehead atoms. The van der Waals surface area contributed by atoms with Crippen molar-refractivity contribution in [2.24, 2.45) is 0 Å². The van der Waals surface area contributed by atoms with Crippen LogP contribution in [0.25, 0.3) is 17.2 Å². The maximum absolute atomic E-state index is 5.71. The zero-order valence-corrected chi connectivity index (χ0v) is 9.68. The maximum atomic E-state index is 5.71. The summed E-state index contributed by atoms with van der Waals surface area (Å²) in [6.45, 7) is 0. The van der Waals surface area contributed by atoms with Crippen LogP contribution >= 0.6 is 11.6 Å². The SMILES string of the molecule is COc1cccc2nc(-c3ccc(Cl)o3)nn12. The van der Waals surface area contributed by atoms with Crippen LogP contribution in [-0.2, 0) is 0 Å². The zero-order valence-electron chi connectivity index (χ0n) is 8.92. The van der Waals surface area contributed by atoms with Crippen LogP contribution in [0, 0.1) is 0 Å². The number of pyridine rings is 1. The van der Waals surface area contributed by atoms with E-state index in [0.29, 0.717) is 28.3 Å². The van der Waals surface area contributed by atoms with Gasteiger partial charge in [-0.25, -0.2) is 4.98 Å². The van der Waals surface area contributed by atoms with Gasteiger partial charge in [0.15, 0.2) is 16.6 Å². The molecule has 17 heavy (non-hydrogen) atoms. The number of halogens is 1. The Morgan fingerprint density at radius 3 is 2.88 bits per heavy atom. The predicted molar refractivity (Wildman–Crippen MR) is 62.3 cm³/mol. The molecule has 5 nitrogen and oxygen atoms in total. The first-order chi connectivity index (χ1) is 8.28. The lowest BCUT2D eigenvalue weighted by Crippen LogP contribution is -1.94. The first kappa shape index (κ1) is 10.2. The zero-order chi connectivity index (χ0) is 11.8. The summed E-state index contributed by atoms with van der Waals surface area (Å²) in [7, 11) is 1.58. The molecule has 0 spiro atoms. The van der Waals surface area contributed by atoms with Gasteiger partial charge < -0.3 is 9.15 Å². The monoisotopic (exact) mass is 249 g/mol. The van der Waals surface area contributed by atoms with Gasteiger partial charge in [-0.2, -0.15) is 4.52 Å². The summed E-state index contributed by atoms with van der Waals surface area (Å²) in [5, 5.41) is 4.61. The van der Waals surface area contributed by atoms with Gasteiger partial charge in [-0.15, -0.1) is 5.10 Å². The Kier molecular flexibility index (Phi) is 2.26. The highest BCUT2D eigenvalue weighted by Crippen LogP contribution is 2.23. The number of methoxy groups -OCH3 is 1. The number of rotatable bonds is 2. The Bertz CT molecular complexity index is 674. The molecule has 0 amide bonds. The van der Waals surface area contributed by atoms with E-state index in [4.69, 9.17) is 20.8 Å². The maximum Gasteiger partial charge on any atom is 0.218 e. The summed E-state index contributed by atoms with van der Waals surface area (Å²) in [4.78, 5) is 4.32. The van der Waals surface area contributed by atoms with Crippen molar-refractivity contribution in [1.82, 2.24) is 14.6 Å². The lowest BCUT2D eigenvalue weighted by Gasteiger charge is -1.99. The fourth-order valence-corrected chi connectivity index (χ4v) is 1.72. The Balaban J connectivity index is 2.19. The van der Waals surface area contributed by atoms with Gasteiger partial charge in [-0.1, -0.05) is 6.07 Å². The Labute approximate surface area is 102 Å². The second kappa shape index (κ2) is 3.78. The van der Waals surface area contributed by atoms with Gasteiger partial charge in [0, 0.05) is 6.07 Å². The van der Waals surface area contributed by atoms with Crippen molar-refractivity contribution in [2.75, 3.05) is 7.11 Å². The molecule has 0 atom stereocenters. The van der Waals surface area contributed by atoms with Crippen LogP contribution in [0.2, 0.25) is 5.22 Å². The second-order valence-electron chi connectivity index (χ2n) is 3.38. The molecule has 3 heterocycles. The summed E-state index contributed by atoms with van der Waals surface area (Å²) < 4.78 is 12.0. The molecule has 0 fully saturated rings. The topological polar surface area (TPSA) is 52.6 Å². The number of aromatic nitrogens is 3. The van der Waals surface area contributed by atoms with E-state index in [1.807, 2.05) is 12.1 Å². The minimum Gasteiger partial charge on any atom is -0.481 e. The molecule has 0 unspecified atom stereocenters. The van der Waals surface area contributed by atoms with Gasteiger partial charge in [0.25, 0.3) is 0 Å². The summed E-state index contributed by atoms with van der Waals surface area (Å²) in [5.41, 5.74) is 0.687. The number of fused-ring (bicyclic) bond motifs is 1. The molecule has 0 aliphatic carbocycles. The van der Waals surface area contributed by atoms with E-state index in [2.05, 4.69) is 10.1 Å². The first-order valence-corrected chi connectivity index (χ1v) is 5.31. The molecule has 86 valence electrons. The van der Waals surface area contributed by atoms with E-state index in [1.165, 1.54) is 0 Å². The Hall–Kier alpha value is -2.01. The van der Waals surface area contributed by atoms with Crippen LogP contribution in [0.5, 0.6) is 5.88 Å². The lowest BCUT2D eigenvalue weighted by molar-refractivity contribution is 0.386. The van der Waals surface area contributed by atoms with Crippen molar-refractivity contribution in [2.45, 2.75) is 0 Å². The van der Waals surface area contributed by atoms with E-state index in [-0.39, 0.29) is 0 Å². The Morgan fingerprint density at radius 1 is 1.29 bits per heavy atom. The van der Waals surface area contributed by atoms with Gasteiger partial charge in [0.1, 0.15) is 0 Å². The third kappa shape index (κ3) is 1.64. The molecular weight excluding hydrogens is 242 g/mol. The molecule has 0 aromatic carbocycles. The summed E-state index contributed by atoms with van der Waals surface area (Å²) >= 11 is 5.71. The fourth-order valence-electron chi connectivity index (χ4n) is 1.57. The van der Waals surface area contributed by atoms with Crippen molar-refractivity contribution >= 4 is 17.2 Å². The predicted octanol–water partition coefficient (Wildman–Crippen LogP) is 2.65. The number of hydrogen-bond acceptors (Lipinski definition) is 4. The minimum atomic E-state index is 0.311. The van der Waals surface area contributed by atoms with Gasteiger partial charge in [0.2, 0.25) is 11.7 Å². The van der Waals surface area contributed by atoms with Crippen LogP contribution in [0.3, 0.4) is 0 Å². The third-order valence-electron chi connectivity index (χ3n) is 2.33. The van der Waals surface area contributed by atoms with Crippen molar-refractivity contribution in [1.29, 1.82) is 0 Å². The molecular formula is C11H8ClN3O2. The van der Waals surface area contributed by atoms with Crippen molar-refractivity contribution < 1.29 is 9.15 Å². The summed E-state index contributed by atoms with van der Waals surface area (Å²) in [5.74, 6) is 1.61. The van der Waals surface area contributed by atoms with Gasteiger partial charge in [-0.05, 0) is 29.8 Å². The van der Waals surface area contributed by atoms with E-state index in [9.17, 15) is 0 Å². The number of ether oxygens (including phenoxy) is 1. The molecule has 0 aliphatic rings. The van der Waals surface area contributed by atoms with Crippen LogP contribution in [0.4, 0.5) is 0 Å². The average molecular weight is 250 g/mol. The summed E-state index contributed by atoms with van der Waals surface area (Å²) in [6, 6.07) is 8.87. The molecule has 0 saturated carbocycles. The molecule has 3 aromatic rings. The average Bonchev–Trinajstić information content (AvgIpc) is 2.93. The molecule has 0 radical (unpaired) electrons. The van der Waals surface area contributed by atoms with Crippen LogP contribution < -0.4 is 4.74 Å². The highest BCUT2D eigenvalue weighted by molar-refractivity contribution is 6.28. The first-order valence-electron chi connectivity index (χ1n) is 4.93. The molecule has 6 heteroatoms. The van der Waals surface area contributed by atoms with Gasteiger partial charge >= 0.3 is 0 Å². The molecule has 0 aliphatic heterocycles. The second-order valence-corrected chi connectivity index (χ2v) is 3.75. The highest BCUT2D eigenvalue weighted by Gasteiger charge is 2.12. The van der Waals surface area contributed by atoms with Crippen molar-refractivity contribution in [3.63, 3.8) is 0 Å². The molecule has 3 rings (SSSR count). The molecule has 3 aromatic heterocycles. The quantitative estimate of drug-likeness (QED) is 0.701. The van der Waals surface area contributed by atoms with Crippen LogP contribution in [0.1, 0.15) is 0 Å². The number of furan rings is 1. The highest BCUT2D eigenvalue weighted by atomic mass is 35.5.